The van der Waals surface area contributed by atoms with Crippen molar-refractivity contribution in [2.45, 2.75) is 12.8 Å². The minimum absolute atomic E-state index is 1.13. The summed E-state index contributed by atoms with van der Waals surface area (Å²) >= 11 is 0. The lowest BCUT2D eigenvalue weighted by atomic mass is 9.88. The number of hydrogen-bond donors (Lipinski definition) is 0. The fraction of sp³-hybridized carbons (Fsp3) is 0.0500. The summed E-state index contributed by atoms with van der Waals surface area (Å²) in [6, 6.07) is 36.7. The van der Waals surface area contributed by atoms with Crippen LogP contribution >= 0.6 is 0 Å². The largest absolute Gasteiger partial charge is 0.0616 e. The topological polar surface area (TPSA) is 0 Å². The Labute approximate surface area is 232 Å². The molecule has 0 N–H and O–H groups in total. The van der Waals surface area contributed by atoms with Crippen LogP contribution in [0, 0.1) is 0 Å². The Kier molecular flexibility index (Phi) is 3.86. The molecule has 0 aromatic heterocycles. The van der Waals surface area contributed by atoms with Gasteiger partial charge in [0.15, 0.2) is 0 Å². The van der Waals surface area contributed by atoms with Crippen LogP contribution in [-0.4, -0.2) is 0 Å². The first kappa shape index (κ1) is 21.0. The quantitative estimate of drug-likeness (QED) is 0.205. The molecule has 0 heterocycles. The van der Waals surface area contributed by atoms with Crippen LogP contribution in [0.4, 0.5) is 0 Å². The minimum atomic E-state index is 1.13. The van der Waals surface area contributed by atoms with Crippen molar-refractivity contribution in [3.05, 3.63) is 130 Å². The van der Waals surface area contributed by atoms with Gasteiger partial charge in [-0.25, -0.2) is 0 Å². The molecule has 40 heavy (non-hydrogen) atoms. The fourth-order valence-corrected chi connectivity index (χ4v) is 7.80. The van der Waals surface area contributed by atoms with Crippen molar-refractivity contribution in [3.8, 4) is 22.3 Å². The van der Waals surface area contributed by atoms with E-state index in [0.29, 0.717) is 0 Å². The molecule has 184 valence electrons. The maximum Gasteiger partial charge on any atom is -0.00322 e. The highest BCUT2D eigenvalue weighted by Gasteiger charge is 2.24. The molecule has 3 aliphatic carbocycles. The van der Waals surface area contributed by atoms with E-state index in [-0.39, 0.29) is 0 Å². The van der Waals surface area contributed by atoms with Gasteiger partial charge >= 0.3 is 0 Å². The van der Waals surface area contributed by atoms with Gasteiger partial charge in [0.1, 0.15) is 0 Å². The lowest BCUT2D eigenvalue weighted by molar-refractivity contribution is 1.03. The highest BCUT2D eigenvalue weighted by molar-refractivity contribution is 6.14. The Hall–Kier alpha value is -4.94. The first-order chi connectivity index (χ1) is 19.8. The number of benzene rings is 7. The number of hydrogen-bond acceptors (Lipinski definition) is 0. The van der Waals surface area contributed by atoms with E-state index in [4.69, 9.17) is 0 Å². The summed E-state index contributed by atoms with van der Waals surface area (Å²) in [5.74, 6) is 0. The molecule has 0 heteroatoms. The zero-order chi connectivity index (χ0) is 25.9. The lowest BCUT2D eigenvalue weighted by Gasteiger charge is -2.15. The van der Waals surface area contributed by atoms with E-state index in [2.05, 4.69) is 121 Å². The Balaban J connectivity index is 1.15. The van der Waals surface area contributed by atoms with Crippen LogP contribution in [0.15, 0.2) is 97.1 Å². The minimum Gasteiger partial charge on any atom is -0.0616 e. The van der Waals surface area contributed by atoms with Gasteiger partial charge in [-0.2, -0.15) is 0 Å². The molecule has 0 unspecified atom stereocenters. The van der Waals surface area contributed by atoms with Crippen molar-refractivity contribution in [2.24, 2.45) is 0 Å². The van der Waals surface area contributed by atoms with E-state index in [1.54, 1.807) is 0 Å². The number of aryl methyl sites for hydroxylation is 2. The summed E-state index contributed by atoms with van der Waals surface area (Å²) in [6.07, 6.45) is 11.5. The standard InChI is InChI=1S/C40H24/c1-2-4-32-23(3-1)5-9-26-19-27(12-15-33(26)32)34-16-13-28-20-31(21-29-14-18-35(34)38(28)29)37-22-30-10-8-24-6-7-25-11-17-36(37)40(25)39(24)30/h1-10,12-16,18-22H,11,17H2. The summed E-state index contributed by atoms with van der Waals surface area (Å²) in [5.41, 5.74) is 13.8. The summed E-state index contributed by atoms with van der Waals surface area (Å²) < 4.78 is 0. The Morgan fingerprint density at radius 1 is 0.425 bits per heavy atom. The molecule has 7 aromatic rings. The van der Waals surface area contributed by atoms with Crippen LogP contribution in [0.1, 0.15) is 33.4 Å². The number of fused-ring (bicyclic) bond motifs is 3. The molecule has 0 saturated heterocycles. The van der Waals surface area contributed by atoms with Gasteiger partial charge in [-0.15, -0.1) is 0 Å². The van der Waals surface area contributed by atoms with Gasteiger partial charge in [0.25, 0.3) is 0 Å². The maximum absolute atomic E-state index is 2.44. The third kappa shape index (κ3) is 2.66. The zero-order valence-electron chi connectivity index (χ0n) is 22.0. The van der Waals surface area contributed by atoms with E-state index in [1.165, 1.54) is 98.7 Å². The van der Waals surface area contributed by atoms with Gasteiger partial charge < -0.3 is 0 Å². The van der Waals surface area contributed by atoms with Crippen LogP contribution in [0.2, 0.25) is 0 Å². The van der Waals surface area contributed by atoms with Crippen molar-refractivity contribution in [1.82, 2.24) is 0 Å². The smallest absolute Gasteiger partial charge is 0.00322 e. The summed E-state index contributed by atoms with van der Waals surface area (Å²) in [5, 5.41) is 10.9. The monoisotopic (exact) mass is 504 g/mol. The molecule has 0 aliphatic heterocycles. The van der Waals surface area contributed by atoms with Crippen LogP contribution in [0.5, 0.6) is 0 Å². The number of rotatable bonds is 2. The molecule has 7 aromatic carbocycles. The van der Waals surface area contributed by atoms with Crippen molar-refractivity contribution in [1.29, 1.82) is 0 Å². The van der Waals surface area contributed by atoms with Crippen molar-refractivity contribution in [3.63, 3.8) is 0 Å². The Morgan fingerprint density at radius 2 is 1.23 bits per heavy atom. The average Bonchev–Trinajstić information content (AvgIpc) is 3.74. The van der Waals surface area contributed by atoms with Crippen molar-refractivity contribution < 1.29 is 0 Å². The average molecular weight is 505 g/mol. The van der Waals surface area contributed by atoms with E-state index in [9.17, 15) is 0 Å². The molecule has 0 spiro atoms. The highest BCUT2D eigenvalue weighted by Crippen LogP contribution is 2.46. The molecule has 0 fully saturated rings. The summed E-state index contributed by atoms with van der Waals surface area (Å²) in [6.45, 7) is 0. The predicted octanol–water partition coefficient (Wildman–Crippen LogP) is 10.7. The fourth-order valence-electron chi connectivity index (χ4n) is 7.80. The van der Waals surface area contributed by atoms with Gasteiger partial charge in [0, 0.05) is 0 Å². The molecule has 0 nitrogen and oxygen atoms in total. The molecule has 10 rings (SSSR count). The molecule has 0 bridgehead atoms. The first-order valence-corrected chi connectivity index (χ1v) is 14.3. The maximum atomic E-state index is 2.44. The van der Waals surface area contributed by atoms with Crippen LogP contribution < -0.4 is 0 Å². The summed E-state index contributed by atoms with van der Waals surface area (Å²) in [4.78, 5) is 0. The van der Waals surface area contributed by atoms with Gasteiger partial charge in [0.2, 0.25) is 0 Å². The SMILES string of the molecule is C1=Cc2c(-c3ccc4c(ccc5ccccc54)c3)ccc3cc(-c4cc5c6c(ccc7c6c4CC7)C=C5)cc1c23. The Morgan fingerprint density at radius 3 is 2.23 bits per heavy atom. The second-order valence-electron chi connectivity index (χ2n) is 11.6. The van der Waals surface area contributed by atoms with E-state index < -0.39 is 0 Å². The Bertz CT molecular complexity index is 2360. The van der Waals surface area contributed by atoms with Crippen molar-refractivity contribution in [2.75, 3.05) is 0 Å². The molecular formula is C40H24. The second kappa shape index (κ2) is 7.37. The van der Waals surface area contributed by atoms with E-state index in [0.717, 1.165) is 12.8 Å². The van der Waals surface area contributed by atoms with Crippen LogP contribution in [-0.2, 0) is 12.8 Å². The van der Waals surface area contributed by atoms with Crippen LogP contribution in [0.3, 0.4) is 0 Å². The molecule has 0 atom stereocenters. The van der Waals surface area contributed by atoms with Gasteiger partial charge in [-0.05, 0) is 136 Å². The summed E-state index contributed by atoms with van der Waals surface area (Å²) in [7, 11) is 0. The van der Waals surface area contributed by atoms with Crippen molar-refractivity contribution >= 4 is 67.4 Å². The van der Waals surface area contributed by atoms with Gasteiger partial charge in [-0.3, -0.25) is 0 Å². The lowest BCUT2D eigenvalue weighted by Crippen LogP contribution is -1.92. The predicted molar refractivity (Wildman–Crippen MR) is 173 cm³/mol. The van der Waals surface area contributed by atoms with E-state index in [1.807, 2.05) is 0 Å². The molecule has 3 aliphatic rings. The molecule has 0 amide bonds. The third-order valence-electron chi connectivity index (χ3n) is 9.61. The molecule has 0 saturated carbocycles. The second-order valence-corrected chi connectivity index (χ2v) is 11.6. The van der Waals surface area contributed by atoms with Crippen LogP contribution in [0.25, 0.3) is 89.6 Å². The highest BCUT2D eigenvalue weighted by atomic mass is 14.3. The first-order valence-electron chi connectivity index (χ1n) is 14.3. The third-order valence-corrected chi connectivity index (χ3v) is 9.61. The molecular weight excluding hydrogens is 480 g/mol. The molecule has 0 radical (unpaired) electrons. The van der Waals surface area contributed by atoms with Gasteiger partial charge in [-0.1, -0.05) is 97.1 Å². The zero-order valence-corrected chi connectivity index (χ0v) is 22.0. The van der Waals surface area contributed by atoms with Gasteiger partial charge in [0.05, 0.1) is 0 Å². The van der Waals surface area contributed by atoms with E-state index >= 15 is 0 Å². The normalized spacial score (nSPS) is 14.1.